The van der Waals surface area contributed by atoms with Gasteiger partial charge in [-0.25, -0.2) is 9.97 Å². The Labute approximate surface area is 83.9 Å². The normalized spacial score (nSPS) is 10.0. The first kappa shape index (κ1) is 8.89. The maximum atomic E-state index is 10.9. The van der Waals surface area contributed by atoms with Crippen LogP contribution in [0.15, 0.2) is 28.1 Å². The summed E-state index contributed by atoms with van der Waals surface area (Å²) >= 11 is 1.54. The molecule has 0 saturated carbocycles. The fourth-order valence-corrected chi connectivity index (χ4v) is 1.53. The molecule has 0 aliphatic heterocycles. The van der Waals surface area contributed by atoms with E-state index in [1.165, 1.54) is 23.7 Å². The fourth-order valence-electron chi connectivity index (χ4n) is 0.971. The van der Waals surface area contributed by atoms with Crippen molar-refractivity contribution in [2.45, 2.75) is 6.54 Å². The maximum Gasteiger partial charge on any atom is 0.252 e. The quantitative estimate of drug-likeness (QED) is 0.784. The van der Waals surface area contributed by atoms with Gasteiger partial charge in [0.2, 0.25) is 0 Å². The van der Waals surface area contributed by atoms with E-state index in [9.17, 15) is 4.79 Å². The highest BCUT2D eigenvalue weighted by Gasteiger charge is 1.96. The molecule has 6 heteroatoms. The van der Waals surface area contributed by atoms with Crippen molar-refractivity contribution in [3.8, 4) is 0 Å². The topological polar surface area (TPSA) is 70.7 Å². The van der Waals surface area contributed by atoms with Gasteiger partial charge in [0, 0.05) is 11.4 Å². The highest BCUT2D eigenvalue weighted by Crippen LogP contribution is 2.03. The van der Waals surface area contributed by atoms with Crippen LogP contribution >= 0.6 is 11.3 Å². The predicted molar refractivity (Wildman–Crippen MR) is 54.3 cm³/mol. The molecule has 72 valence electrons. The number of rotatable bonds is 3. The molecular formula is C8H8N4OS. The van der Waals surface area contributed by atoms with Crippen molar-refractivity contribution >= 4 is 17.2 Å². The van der Waals surface area contributed by atoms with Gasteiger partial charge in [0.25, 0.3) is 5.56 Å². The number of anilines is 1. The molecule has 0 radical (unpaired) electrons. The number of aromatic nitrogens is 3. The lowest BCUT2D eigenvalue weighted by molar-refractivity contribution is 1.03. The summed E-state index contributed by atoms with van der Waals surface area (Å²) < 4.78 is 0. The molecule has 2 aromatic heterocycles. The summed E-state index contributed by atoms with van der Waals surface area (Å²) in [7, 11) is 0. The first-order valence-electron chi connectivity index (χ1n) is 4.00. The number of hydrogen-bond acceptors (Lipinski definition) is 5. The van der Waals surface area contributed by atoms with E-state index in [2.05, 4.69) is 20.3 Å². The van der Waals surface area contributed by atoms with Gasteiger partial charge in [0.1, 0.15) is 5.82 Å². The van der Waals surface area contributed by atoms with Crippen molar-refractivity contribution < 1.29 is 0 Å². The summed E-state index contributed by atoms with van der Waals surface area (Å²) in [5.74, 6) is 0.557. The average Bonchev–Trinajstić information content (AvgIpc) is 2.67. The van der Waals surface area contributed by atoms with E-state index in [0.717, 1.165) is 5.69 Å². The van der Waals surface area contributed by atoms with Crippen molar-refractivity contribution in [2.75, 3.05) is 5.32 Å². The zero-order chi connectivity index (χ0) is 9.80. The Kier molecular flexibility index (Phi) is 2.55. The smallest absolute Gasteiger partial charge is 0.252 e. The minimum absolute atomic E-state index is 0.166. The number of H-pyrrole nitrogens is 1. The van der Waals surface area contributed by atoms with Crippen LogP contribution in [0.25, 0.3) is 0 Å². The molecule has 0 aliphatic rings. The van der Waals surface area contributed by atoms with Crippen LogP contribution in [0.3, 0.4) is 0 Å². The Balaban J connectivity index is 2.02. The number of nitrogens with zero attached hydrogens (tertiary/aromatic N) is 2. The van der Waals surface area contributed by atoms with E-state index in [0.29, 0.717) is 12.4 Å². The molecule has 0 amide bonds. The molecule has 5 nitrogen and oxygen atoms in total. The molecule has 2 N–H and O–H groups in total. The Bertz CT molecular complexity index is 450. The summed E-state index contributed by atoms with van der Waals surface area (Å²) in [6.45, 7) is 0.583. The average molecular weight is 208 g/mol. The minimum atomic E-state index is -0.166. The van der Waals surface area contributed by atoms with Crippen LogP contribution in [-0.4, -0.2) is 15.0 Å². The Morgan fingerprint density at radius 1 is 1.50 bits per heavy atom. The van der Waals surface area contributed by atoms with Crippen LogP contribution < -0.4 is 10.9 Å². The molecule has 2 aromatic rings. The molecule has 0 bridgehead atoms. The second-order valence-corrected chi connectivity index (χ2v) is 3.35. The van der Waals surface area contributed by atoms with Gasteiger partial charge in [-0.15, -0.1) is 11.3 Å². The van der Waals surface area contributed by atoms with Crippen molar-refractivity contribution in [3.63, 3.8) is 0 Å². The summed E-state index contributed by atoms with van der Waals surface area (Å²) in [4.78, 5) is 21.4. The lowest BCUT2D eigenvalue weighted by atomic mass is 10.4. The van der Waals surface area contributed by atoms with Gasteiger partial charge in [0.05, 0.1) is 24.1 Å². The second-order valence-electron chi connectivity index (χ2n) is 2.63. The highest BCUT2D eigenvalue weighted by molar-refractivity contribution is 7.07. The minimum Gasteiger partial charge on any atom is -0.364 e. The summed E-state index contributed by atoms with van der Waals surface area (Å²) in [5.41, 5.74) is 2.54. The number of aromatic amines is 1. The molecule has 0 aromatic carbocycles. The van der Waals surface area contributed by atoms with Gasteiger partial charge in [0.15, 0.2) is 0 Å². The van der Waals surface area contributed by atoms with Gasteiger partial charge in [-0.3, -0.25) is 4.79 Å². The summed E-state index contributed by atoms with van der Waals surface area (Å²) in [5, 5.41) is 4.95. The zero-order valence-corrected chi connectivity index (χ0v) is 8.04. The fraction of sp³-hybridized carbons (Fsp3) is 0.125. The van der Waals surface area contributed by atoms with Crippen molar-refractivity contribution in [1.29, 1.82) is 0 Å². The molecule has 0 fully saturated rings. The van der Waals surface area contributed by atoms with Gasteiger partial charge in [-0.1, -0.05) is 0 Å². The van der Waals surface area contributed by atoms with Gasteiger partial charge < -0.3 is 10.3 Å². The largest absolute Gasteiger partial charge is 0.364 e. The van der Waals surface area contributed by atoms with Crippen LogP contribution in [0.4, 0.5) is 5.82 Å². The highest BCUT2D eigenvalue weighted by atomic mass is 32.1. The van der Waals surface area contributed by atoms with E-state index >= 15 is 0 Å². The SMILES string of the molecule is O=c1cc(NCc2cscn2)nc[nH]1. The van der Waals surface area contributed by atoms with Gasteiger partial charge in [-0.2, -0.15) is 0 Å². The lowest BCUT2D eigenvalue weighted by Gasteiger charge is -2.00. The molecule has 0 unspecified atom stereocenters. The van der Waals surface area contributed by atoms with Crippen LogP contribution in [0.1, 0.15) is 5.69 Å². The van der Waals surface area contributed by atoms with E-state index in [1.807, 2.05) is 5.38 Å². The Hall–Kier alpha value is -1.69. The third kappa shape index (κ3) is 2.17. The first-order chi connectivity index (χ1) is 6.84. The molecule has 2 heterocycles. The standard InChI is InChI=1S/C8H8N4OS/c13-8-1-7(10-4-11-8)9-2-6-3-14-5-12-6/h1,3-5H,2H2,(H2,9,10,11,13). The van der Waals surface area contributed by atoms with Crippen LogP contribution in [0, 0.1) is 0 Å². The maximum absolute atomic E-state index is 10.9. The van der Waals surface area contributed by atoms with Gasteiger partial charge in [-0.05, 0) is 0 Å². The van der Waals surface area contributed by atoms with Crippen molar-refractivity contribution in [1.82, 2.24) is 15.0 Å². The monoisotopic (exact) mass is 208 g/mol. The van der Waals surface area contributed by atoms with E-state index in [-0.39, 0.29) is 5.56 Å². The molecule has 0 aliphatic carbocycles. The molecule has 0 atom stereocenters. The Morgan fingerprint density at radius 3 is 3.14 bits per heavy atom. The van der Waals surface area contributed by atoms with Crippen LogP contribution in [0.5, 0.6) is 0 Å². The molecule has 0 saturated heterocycles. The molecule has 14 heavy (non-hydrogen) atoms. The molecule has 2 rings (SSSR count). The molecular weight excluding hydrogens is 200 g/mol. The third-order valence-electron chi connectivity index (χ3n) is 1.61. The predicted octanol–water partition coefficient (Wildman–Crippen LogP) is 0.838. The third-order valence-corrected chi connectivity index (χ3v) is 2.25. The number of nitrogens with one attached hydrogen (secondary N) is 2. The summed E-state index contributed by atoms with van der Waals surface area (Å²) in [6, 6.07) is 1.41. The lowest BCUT2D eigenvalue weighted by Crippen LogP contribution is -2.08. The number of thiazole rings is 1. The zero-order valence-electron chi connectivity index (χ0n) is 7.23. The van der Waals surface area contributed by atoms with E-state index < -0.39 is 0 Å². The van der Waals surface area contributed by atoms with E-state index in [1.54, 1.807) is 5.51 Å². The summed E-state index contributed by atoms with van der Waals surface area (Å²) in [6.07, 6.45) is 1.37. The second kappa shape index (κ2) is 4.01. The van der Waals surface area contributed by atoms with Crippen LogP contribution in [-0.2, 0) is 6.54 Å². The number of hydrogen-bond donors (Lipinski definition) is 2. The van der Waals surface area contributed by atoms with Gasteiger partial charge >= 0.3 is 0 Å². The van der Waals surface area contributed by atoms with Crippen molar-refractivity contribution in [2.24, 2.45) is 0 Å². The van der Waals surface area contributed by atoms with Crippen molar-refractivity contribution in [3.05, 3.63) is 39.3 Å². The molecule has 0 spiro atoms. The van der Waals surface area contributed by atoms with Crippen LogP contribution in [0.2, 0.25) is 0 Å². The Morgan fingerprint density at radius 2 is 2.43 bits per heavy atom. The van der Waals surface area contributed by atoms with E-state index in [4.69, 9.17) is 0 Å². The first-order valence-corrected chi connectivity index (χ1v) is 4.94.